The standard InChI is InChI=1S/C18H21BrN2O4/c1-2-25-18(24)12-4-3-9-20(11-12)15-10-16(22)21(17(15)23)14-7-5-13(19)6-8-14/h5-8,12,15H,2-4,9-11H2,1H3/t12-,15+/m0/s1. The molecule has 0 bridgehead atoms. The van der Waals surface area contributed by atoms with Crippen molar-refractivity contribution in [3.63, 3.8) is 0 Å². The van der Waals surface area contributed by atoms with Crippen LogP contribution in [0.2, 0.25) is 0 Å². The zero-order chi connectivity index (χ0) is 18.0. The van der Waals surface area contributed by atoms with Crippen LogP contribution >= 0.6 is 15.9 Å². The molecule has 1 aromatic rings. The van der Waals surface area contributed by atoms with Crippen LogP contribution in [0.25, 0.3) is 0 Å². The van der Waals surface area contributed by atoms with Gasteiger partial charge in [-0.25, -0.2) is 4.90 Å². The highest BCUT2D eigenvalue weighted by atomic mass is 79.9. The van der Waals surface area contributed by atoms with Crippen LogP contribution in [0.5, 0.6) is 0 Å². The Labute approximate surface area is 155 Å². The Morgan fingerprint density at radius 2 is 2.00 bits per heavy atom. The lowest BCUT2D eigenvalue weighted by molar-refractivity contribution is -0.150. The molecule has 3 rings (SSSR count). The summed E-state index contributed by atoms with van der Waals surface area (Å²) >= 11 is 3.35. The van der Waals surface area contributed by atoms with Gasteiger partial charge in [0.15, 0.2) is 0 Å². The fraction of sp³-hybridized carbons (Fsp3) is 0.500. The zero-order valence-electron chi connectivity index (χ0n) is 14.1. The van der Waals surface area contributed by atoms with E-state index in [1.165, 1.54) is 4.90 Å². The van der Waals surface area contributed by atoms with E-state index >= 15 is 0 Å². The summed E-state index contributed by atoms with van der Waals surface area (Å²) in [6.45, 7) is 3.33. The lowest BCUT2D eigenvalue weighted by Crippen LogP contribution is -2.48. The van der Waals surface area contributed by atoms with Crippen LogP contribution in [0.3, 0.4) is 0 Å². The summed E-state index contributed by atoms with van der Waals surface area (Å²) in [6.07, 6.45) is 1.74. The molecule has 1 aromatic carbocycles. The lowest BCUT2D eigenvalue weighted by atomic mass is 9.96. The third-order valence-electron chi connectivity index (χ3n) is 4.72. The number of amides is 2. The van der Waals surface area contributed by atoms with Crippen molar-refractivity contribution in [2.75, 3.05) is 24.6 Å². The molecule has 2 fully saturated rings. The number of carbonyl (C=O) groups excluding carboxylic acids is 3. The number of halogens is 1. The maximum absolute atomic E-state index is 12.8. The number of piperidine rings is 1. The molecule has 0 radical (unpaired) electrons. The van der Waals surface area contributed by atoms with E-state index in [0.29, 0.717) is 25.4 Å². The minimum Gasteiger partial charge on any atom is -0.466 e. The summed E-state index contributed by atoms with van der Waals surface area (Å²) in [6, 6.07) is 6.62. The molecular formula is C18H21BrN2O4. The van der Waals surface area contributed by atoms with Gasteiger partial charge in [0, 0.05) is 11.0 Å². The Bertz CT molecular complexity index is 676. The van der Waals surface area contributed by atoms with Crippen molar-refractivity contribution in [1.29, 1.82) is 0 Å². The molecular weight excluding hydrogens is 388 g/mol. The molecule has 2 amide bonds. The van der Waals surface area contributed by atoms with Crippen LogP contribution in [-0.2, 0) is 19.1 Å². The van der Waals surface area contributed by atoms with Gasteiger partial charge in [-0.05, 0) is 50.6 Å². The number of likely N-dealkylation sites (tertiary alicyclic amines) is 1. The molecule has 0 aliphatic carbocycles. The Balaban J connectivity index is 1.73. The summed E-state index contributed by atoms with van der Waals surface area (Å²) in [7, 11) is 0. The molecule has 2 aliphatic heterocycles. The average Bonchev–Trinajstić information content (AvgIpc) is 2.91. The van der Waals surface area contributed by atoms with Gasteiger partial charge in [-0.2, -0.15) is 0 Å². The summed E-state index contributed by atoms with van der Waals surface area (Å²) in [4.78, 5) is 40.5. The predicted octanol–water partition coefficient (Wildman–Crippen LogP) is 2.36. The van der Waals surface area contributed by atoms with E-state index < -0.39 is 6.04 Å². The first-order valence-corrected chi connectivity index (χ1v) is 9.33. The fourth-order valence-corrected chi connectivity index (χ4v) is 3.77. The number of carbonyl (C=O) groups is 3. The van der Waals surface area contributed by atoms with E-state index in [0.717, 1.165) is 17.3 Å². The molecule has 2 aliphatic rings. The van der Waals surface area contributed by atoms with Crippen LogP contribution < -0.4 is 4.90 Å². The number of esters is 1. The van der Waals surface area contributed by atoms with Gasteiger partial charge in [-0.3, -0.25) is 19.3 Å². The minimum absolute atomic E-state index is 0.157. The van der Waals surface area contributed by atoms with Gasteiger partial charge >= 0.3 is 5.97 Å². The van der Waals surface area contributed by atoms with E-state index in [9.17, 15) is 14.4 Å². The molecule has 0 N–H and O–H groups in total. The molecule has 2 saturated heterocycles. The summed E-state index contributed by atoms with van der Waals surface area (Å²) < 4.78 is 6.00. The van der Waals surface area contributed by atoms with Crippen LogP contribution in [0.4, 0.5) is 5.69 Å². The first-order chi connectivity index (χ1) is 12.0. The zero-order valence-corrected chi connectivity index (χ0v) is 15.7. The first kappa shape index (κ1) is 18.1. The maximum atomic E-state index is 12.8. The summed E-state index contributed by atoms with van der Waals surface area (Å²) in [5.74, 6) is -0.848. The fourth-order valence-electron chi connectivity index (χ4n) is 3.50. The molecule has 134 valence electrons. The molecule has 0 saturated carbocycles. The summed E-state index contributed by atoms with van der Waals surface area (Å²) in [5.41, 5.74) is 0.583. The van der Waals surface area contributed by atoms with Crippen molar-refractivity contribution < 1.29 is 19.1 Å². The minimum atomic E-state index is -0.492. The Hall–Kier alpha value is -1.73. The third-order valence-corrected chi connectivity index (χ3v) is 5.25. The molecule has 2 atom stereocenters. The van der Waals surface area contributed by atoms with E-state index in [2.05, 4.69) is 15.9 Å². The second-order valence-corrected chi connectivity index (χ2v) is 7.27. The van der Waals surface area contributed by atoms with Crippen molar-refractivity contribution in [1.82, 2.24) is 4.90 Å². The Morgan fingerprint density at radius 3 is 2.68 bits per heavy atom. The van der Waals surface area contributed by atoms with Crippen molar-refractivity contribution in [2.24, 2.45) is 5.92 Å². The molecule has 25 heavy (non-hydrogen) atoms. The second-order valence-electron chi connectivity index (χ2n) is 6.35. The van der Waals surface area contributed by atoms with Gasteiger partial charge in [-0.1, -0.05) is 15.9 Å². The van der Waals surface area contributed by atoms with Crippen LogP contribution in [-0.4, -0.2) is 48.4 Å². The van der Waals surface area contributed by atoms with Crippen molar-refractivity contribution in [2.45, 2.75) is 32.2 Å². The number of rotatable bonds is 4. The number of hydrogen-bond donors (Lipinski definition) is 0. The SMILES string of the molecule is CCOC(=O)[C@H]1CCCN([C@@H]2CC(=O)N(c3ccc(Br)cc3)C2=O)C1. The molecule has 7 heteroatoms. The monoisotopic (exact) mass is 408 g/mol. The van der Waals surface area contributed by atoms with E-state index in [-0.39, 0.29) is 30.1 Å². The second kappa shape index (κ2) is 7.66. The van der Waals surface area contributed by atoms with Gasteiger partial charge in [0.2, 0.25) is 5.91 Å². The predicted molar refractivity (Wildman–Crippen MR) is 96.0 cm³/mol. The Kier molecular flexibility index (Phi) is 5.54. The molecule has 0 unspecified atom stereocenters. The molecule has 2 heterocycles. The van der Waals surface area contributed by atoms with Crippen molar-refractivity contribution in [3.05, 3.63) is 28.7 Å². The molecule has 0 aromatic heterocycles. The maximum Gasteiger partial charge on any atom is 0.310 e. The average molecular weight is 409 g/mol. The van der Waals surface area contributed by atoms with Crippen LogP contribution in [0.15, 0.2) is 28.7 Å². The van der Waals surface area contributed by atoms with Gasteiger partial charge in [0.25, 0.3) is 5.91 Å². The smallest absolute Gasteiger partial charge is 0.310 e. The number of hydrogen-bond acceptors (Lipinski definition) is 5. The van der Waals surface area contributed by atoms with E-state index in [1.54, 1.807) is 31.2 Å². The first-order valence-electron chi connectivity index (χ1n) is 8.54. The van der Waals surface area contributed by atoms with Crippen LogP contribution in [0, 0.1) is 5.92 Å². The van der Waals surface area contributed by atoms with Gasteiger partial charge in [-0.15, -0.1) is 0 Å². The number of nitrogens with zero attached hydrogens (tertiary/aromatic N) is 2. The lowest BCUT2D eigenvalue weighted by Gasteiger charge is -2.34. The number of benzene rings is 1. The molecule has 6 nitrogen and oxygen atoms in total. The third kappa shape index (κ3) is 3.77. The van der Waals surface area contributed by atoms with E-state index in [1.807, 2.05) is 4.90 Å². The van der Waals surface area contributed by atoms with Gasteiger partial charge in [0.1, 0.15) is 0 Å². The Morgan fingerprint density at radius 1 is 1.28 bits per heavy atom. The van der Waals surface area contributed by atoms with Gasteiger partial charge in [0.05, 0.1) is 30.7 Å². The highest BCUT2D eigenvalue weighted by Crippen LogP contribution is 2.29. The normalized spacial score (nSPS) is 24.6. The molecule has 0 spiro atoms. The number of ether oxygens (including phenoxy) is 1. The highest BCUT2D eigenvalue weighted by molar-refractivity contribution is 9.10. The quantitative estimate of drug-likeness (QED) is 0.564. The van der Waals surface area contributed by atoms with E-state index in [4.69, 9.17) is 4.74 Å². The highest BCUT2D eigenvalue weighted by Gasteiger charge is 2.44. The number of anilines is 1. The van der Waals surface area contributed by atoms with Crippen LogP contribution in [0.1, 0.15) is 26.2 Å². The topological polar surface area (TPSA) is 66.9 Å². The van der Waals surface area contributed by atoms with Crippen molar-refractivity contribution >= 4 is 39.4 Å². The summed E-state index contributed by atoms with van der Waals surface area (Å²) in [5, 5.41) is 0. The van der Waals surface area contributed by atoms with Crippen molar-refractivity contribution in [3.8, 4) is 0 Å². The largest absolute Gasteiger partial charge is 0.466 e. The van der Waals surface area contributed by atoms with Gasteiger partial charge < -0.3 is 4.74 Å². The number of imide groups is 1.